The number of carboxylic acid groups (broad SMARTS) is 1. The molecule has 1 unspecified atom stereocenters. The molecule has 1 aliphatic rings. The molecule has 1 saturated heterocycles. The highest BCUT2D eigenvalue weighted by molar-refractivity contribution is 5.67. The van der Waals surface area contributed by atoms with Crippen molar-refractivity contribution in [3.63, 3.8) is 0 Å². The second-order valence-corrected chi connectivity index (χ2v) is 4.64. The molecule has 0 radical (unpaired) electrons. The van der Waals surface area contributed by atoms with Crippen LogP contribution in [-0.4, -0.2) is 29.1 Å². The Labute approximate surface area is 101 Å². The summed E-state index contributed by atoms with van der Waals surface area (Å²) < 4.78 is 0. The van der Waals surface area contributed by atoms with Crippen molar-refractivity contribution in [2.75, 3.05) is 18.0 Å². The van der Waals surface area contributed by atoms with Gasteiger partial charge in [-0.25, -0.2) is 4.98 Å². The lowest BCUT2D eigenvalue weighted by Crippen LogP contribution is -2.18. The predicted molar refractivity (Wildman–Crippen MR) is 66.4 cm³/mol. The number of hydrogen-bond acceptors (Lipinski definition) is 3. The summed E-state index contributed by atoms with van der Waals surface area (Å²) in [6.45, 7) is 4.08. The lowest BCUT2D eigenvalue weighted by atomic mass is 10.00. The molecule has 0 bridgehead atoms. The van der Waals surface area contributed by atoms with Crippen LogP contribution in [0.2, 0.25) is 0 Å². The Kier molecular flexibility index (Phi) is 3.61. The van der Waals surface area contributed by atoms with Crippen molar-refractivity contribution in [2.24, 2.45) is 0 Å². The van der Waals surface area contributed by atoms with Crippen LogP contribution in [0.3, 0.4) is 0 Å². The van der Waals surface area contributed by atoms with Gasteiger partial charge in [0, 0.05) is 19.3 Å². The number of aliphatic carboxylic acids is 1. The minimum absolute atomic E-state index is 0.0210. The lowest BCUT2D eigenvalue weighted by Gasteiger charge is -2.17. The number of aromatic nitrogens is 1. The molecule has 0 aromatic carbocycles. The van der Waals surface area contributed by atoms with Gasteiger partial charge in [-0.3, -0.25) is 4.79 Å². The van der Waals surface area contributed by atoms with Crippen LogP contribution in [0.1, 0.15) is 37.7 Å². The van der Waals surface area contributed by atoms with Gasteiger partial charge in [0.15, 0.2) is 0 Å². The Bertz CT molecular complexity index is 383. The van der Waals surface area contributed by atoms with E-state index in [1.165, 1.54) is 12.8 Å². The maximum Gasteiger partial charge on any atom is 0.303 e. The highest BCUT2D eigenvalue weighted by atomic mass is 16.4. The number of rotatable bonds is 4. The van der Waals surface area contributed by atoms with Crippen LogP contribution in [0.15, 0.2) is 18.3 Å². The van der Waals surface area contributed by atoms with Crippen molar-refractivity contribution in [3.8, 4) is 0 Å². The van der Waals surface area contributed by atoms with Gasteiger partial charge in [-0.05, 0) is 30.4 Å². The molecule has 0 aliphatic carbocycles. The maximum absolute atomic E-state index is 10.6. The summed E-state index contributed by atoms with van der Waals surface area (Å²) in [5, 5.41) is 8.74. The first-order valence-corrected chi connectivity index (χ1v) is 6.09. The molecule has 2 heterocycles. The van der Waals surface area contributed by atoms with Crippen molar-refractivity contribution < 1.29 is 9.90 Å². The van der Waals surface area contributed by atoms with Gasteiger partial charge in [-0.2, -0.15) is 0 Å². The molecule has 0 amide bonds. The summed E-state index contributed by atoms with van der Waals surface area (Å²) in [5.74, 6) is 0.266. The molecule has 1 atom stereocenters. The first-order valence-electron chi connectivity index (χ1n) is 6.09. The third-order valence-corrected chi connectivity index (χ3v) is 3.25. The second-order valence-electron chi connectivity index (χ2n) is 4.64. The van der Waals surface area contributed by atoms with E-state index in [-0.39, 0.29) is 12.3 Å². The quantitative estimate of drug-likeness (QED) is 0.868. The van der Waals surface area contributed by atoms with E-state index in [0.717, 1.165) is 24.5 Å². The summed E-state index contributed by atoms with van der Waals surface area (Å²) in [5.41, 5.74) is 0.996. The minimum Gasteiger partial charge on any atom is -0.481 e. The SMILES string of the molecule is CC(CC(=O)O)c1ccc(N2CCCC2)nc1. The summed E-state index contributed by atoms with van der Waals surface area (Å²) in [6.07, 6.45) is 4.43. The molecule has 1 fully saturated rings. The Morgan fingerprint density at radius 1 is 1.47 bits per heavy atom. The van der Waals surface area contributed by atoms with Crippen molar-refractivity contribution in [1.29, 1.82) is 0 Å². The summed E-state index contributed by atoms with van der Waals surface area (Å²) in [7, 11) is 0. The molecular formula is C13H18N2O2. The van der Waals surface area contributed by atoms with Gasteiger partial charge in [-0.1, -0.05) is 13.0 Å². The van der Waals surface area contributed by atoms with E-state index in [4.69, 9.17) is 5.11 Å². The maximum atomic E-state index is 10.6. The fourth-order valence-electron chi connectivity index (χ4n) is 2.20. The van der Waals surface area contributed by atoms with E-state index in [0.29, 0.717) is 0 Å². The fraction of sp³-hybridized carbons (Fsp3) is 0.538. The van der Waals surface area contributed by atoms with Gasteiger partial charge >= 0.3 is 5.97 Å². The molecule has 92 valence electrons. The first kappa shape index (κ1) is 11.9. The van der Waals surface area contributed by atoms with Crippen LogP contribution in [-0.2, 0) is 4.79 Å². The zero-order valence-electron chi connectivity index (χ0n) is 10.1. The average molecular weight is 234 g/mol. The van der Waals surface area contributed by atoms with Gasteiger partial charge in [0.25, 0.3) is 0 Å². The van der Waals surface area contributed by atoms with Crippen molar-refractivity contribution in [2.45, 2.75) is 32.1 Å². The van der Waals surface area contributed by atoms with E-state index < -0.39 is 5.97 Å². The van der Waals surface area contributed by atoms with Crippen LogP contribution in [0, 0.1) is 0 Å². The van der Waals surface area contributed by atoms with Crippen molar-refractivity contribution in [1.82, 2.24) is 4.98 Å². The van der Waals surface area contributed by atoms with Gasteiger partial charge in [-0.15, -0.1) is 0 Å². The highest BCUT2D eigenvalue weighted by Gasteiger charge is 2.15. The van der Waals surface area contributed by atoms with E-state index in [2.05, 4.69) is 9.88 Å². The molecule has 4 heteroatoms. The number of pyridine rings is 1. The van der Waals surface area contributed by atoms with Crippen LogP contribution in [0.25, 0.3) is 0 Å². The molecule has 0 spiro atoms. The normalized spacial score (nSPS) is 17.1. The van der Waals surface area contributed by atoms with E-state index in [1.807, 2.05) is 19.1 Å². The summed E-state index contributed by atoms with van der Waals surface area (Å²) in [4.78, 5) is 17.3. The van der Waals surface area contributed by atoms with Gasteiger partial charge < -0.3 is 10.0 Å². The smallest absolute Gasteiger partial charge is 0.303 e. The molecule has 0 saturated carbocycles. The molecule has 1 aromatic rings. The number of carboxylic acids is 1. The van der Waals surface area contributed by atoms with Crippen LogP contribution in [0.5, 0.6) is 0 Å². The number of carbonyl (C=O) groups is 1. The zero-order chi connectivity index (χ0) is 12.3. The average Bonchev–Trinajstić information content (AvgIpc) is 2.82. The van der Waals surface area contributed by atoms with Crippen LogP contribution in [0.4, 0.5) is 5.82 Å². The third-order valence-electron chi connectivity index (χ3n) is 3.25. The molecule has 1 N–H and O–H groups in total. The van der Waals surface area contributed by atoms with Crippen LogP contribution >= 0.6 is 0 Å². The standard InChI is InChI=1S/C13H18N2O2/c1-10(8-13(16)17)11-4-5-12(14-9-11)15-6-2-3-7-15/h4-5,9-10H,2-3,6-8H2,1H3,(H,16,17). The van der Waals surface area contributed by atoms with Crippen molar-refractivity contribution in [3.05, 3.63) is 23.9 Å². The monoisotopic (exact) mass is 234 g/mol. The Hall–Kier alpha value is -1.58. The molecule has 4 nitrogen and oxygen atoms in total. The largest absolute Gasteiger partial charge is 0.481 e. The van der Waals surface area contributed by atoms with Crippen LogP contribution < -0.4 is 4.90 Å². The zero-order valence-corrected chi connectivity index (χ0v) is 10.1. The van der Waals surface area contributed by atoms with Gasteiger partial charge in [0.05, 0.1) is 6.42 Å². The fourth-order valence-corrected chi connectivity index (χ4v) is 2.20. The second kappa shape index (κ2) is 5.17. The topological polar surface area (TPSA) is 53.4 Å². The van der Waals surface area contributed by atoms with Gasteiger partial charge in [0.1, 0.15) is 5.82 Å². The third kappa shape index (κ3) is 2.96. The number of hydrogen-bond donors (Lipinski definition) is 1. The van der Waals surface area contributed by atoms with E-state index in [9.17, 15) is 4.79 Å². The summed E-state index contributed by atoms with van der Waals surface area (Å²) in [6, 6.07) is 3.99. The lowest BCUT2D eigenvalue weighted by molar-refractivity contribution is -0.137. The summed E-state index contributed by atoms with van der Waals surface area (Å²) >= 11 is 0. The molecular weight excluding hydrogens is 216 g/mol. The number of nitrogens with zero attached hydrogens (tertiary/aromatic N) is 2. The highest BCUT2D eigenvalue weighted by Crippen LogP contribution is 2.22. The number of anilines is 1. The van der Waals surface area contributed by atoms with E-state index in [1.54, 1.807) is 6.20 Å². The van der Waals surface area contributed by atoms with Gasteiger partial charge in [0.2, 0.25) is 0 Å². The Morgan fingerprint density at radius 3 is 2.71 bits per heavy atom. The minimum atomic E-state index is -0.763. The predicted octanol–water partition coefficient (Wildman–Crippen LogP) is 2.26. The van der Waals surface area contributed by atoms with Crippen molar-refractivity contribution >= 4 is 11.8 Å². The molecule has 17 heavy (non-hydrogen) atoms. The molecule has 1 aromatic heterocycles. The molecule has 1 aliphatic heterocycles. The Balaban J connectivity index is 2.04. The Morgan fingerprint density at radius 2 is 2.18 bits per heavy atom. The molecule has 2 rings (SSSR count). The first-order chi connectivity index (χ1) is 8.16. The van der Waals surface area contributed by atoms with E-state index >= 15 is 0 Å².